The summed E-state index contributed by atoms with van der Waals surface area (Å²) in [6.45, 7) is 14.5. The first kappa shape index (κ1) is 29.1. The number of Topliss-reactive ketones (excluding diaryl/α,β-unsaturated/α-hetero) is 1. The lowest BCUT2D eigenvalue weighted by molar-refractivity contribution is -0.163. The maximum atomic E-state index is 13.5. The molecule has 2 amide bonds. The number of aliphatic hydroxyl groups is 1. The van der Waals surface area contributed by atoms with Crippen molar-refractivity contribution in [1.29, 1.82) is 0 Å². The van der Waals surface area contributed by atoms with Gasteiger partial charge in [0.15, 0.2) is 0 Å². The van der Waals surface area contributed by atoms with Crippen LogP contribution in [0.4, 0.5) is 9.59 Å². The van der Waals surface area contributed by atoms with Crippen LogP contribution in [0.2, 0.25) is 0 Å². The predicted octanol–water partition coefficient (Wildman–Crippen LogP) is 5.12. The molecule has 0 bridgehead atoms. The third-order valence-electron chi connectivity index (χ3n) is 11.4. The number of ketones is 1. The molecule has 4 saturated carbocycles. The molecular formula is C30H48N2O6. The largest absolute Gasteiger partial charge is 0.446 e. The Balaban J connectivity index is 1.63. The summed E-state index contributed by atoms with van der Waals surface area (Å²) in [5.41, 5.74) is 4.22. The van der Waals surface area contributed by atoms with E-state index in [0.29, 0.717) is 31.5 Å². The van der Waals surface area contributed by atoms with E-state index in [4.69, 9.17) is 15.2 Å². The molecule has 4 aliphatic carbocycles. The molecule has 0 aliphatic heterocycles. The van der Waals surface area contributed by atoms with Gasteiger partial charge in [-0.05, 0) is 75.0 Å². The number of hydrogen-bond acceptors (Lipinski definition) is 7. The third-order valence-corrected chi connectivity index (χ3v) is 11.4. The van der Waals surface area contributed by atoms with Crippen LogP contribution in [0.1, 0.15) is 92.4 Å². The van der Waals surface area contributed by atoms with Crippen LogP contribution >= 0.6 is 0 Å². The summed E-state index contributed by atoms with van der Waals surface area (Å²) in [4.78, 5) is 39.2. The van der Waals surface area contributed by atoms with Gasteiger partial charge in [-0.15, -0.1) is 6.58 Å². The molecule has 3 unspecified atom stereocenters. The zero-order valence-corrected chi connectivity index (χ0v) is 23.8. The molecule has 0 aromatic carbocycles. The highest BCUT2D eigenvalue weighted by Crippen LogP contribution is 2.69. The number of nitrogens with two attached hydrogens (primary N) is 1. The normalized spacial score (nSPS) is 46.8. The highest BCUT2D eigenvalue weighted by Gasteiger charge is 2.69. The van der Waals surface area contributed by atoms with Gasteiger partial charge in [-0.25, -0.2) is 14.9 Å². The molecule has 0 aromatic heterocycles. The Bertz CT molecular complexity index is 947. The van der Waals surface area contributed by atoms with Gasteiger partial charge in [-0.1, -0.05) is 40.7 Å². The molecule has 0 saturated heterocycles. The van der Waals surface area contributed by atoms with E-state index in [1.165, 1.54) is 0 Å². The van der Waals surface area contributed by atoms with Gasteiger partial charge in [-0.3, -0.25) is 4.79 Å². The van der Waals surface area contributed by atoms with Crippen LogP contribution in [-0.4, -0.2) is 47.4 Å². The van der Waals surface area contributed by atoms with E-state index in [9.17, 15) is 19.5 Å². The Kier molecular flexibility index (Phi) is 8.08. The summed E-state index contributed by atoms with van der Waals surface area (Å²) in [6, 6.07) is 0.124. The summed E-state index contributed by atoms with van der Waals surface area (Å²) in [5, 5.41) is 13.9. The Labute approximate surface area is 227 Å². The molecule has 4 rings (SSSR count). The van der Waals surface area contributed by atoms with Crippen LogP contribution in [-0.2, 0) is 14.3 Å². The molecular weight excluding hydrogens is 484 g/mol. The van der Waals surface area contributed by atoms with Crippen LogP contribution in [0.5, 0.6) is 0 Å². The minimum atomic E-state index is -0.858. The number of carbonyl (C=O) groups excluding carboxylic acids is 3. The SMILES string of the molecule is C=C[C@]1(C)C[C@@H](OC(=O)NC(=O)OC2CCC(N)CC2)[C@]2(C)C(C)CC3(CC)C(=O)CCC([C@@H](C)[C@@H]1O)[C@@H]32. The molecule has 4 N–H and O–H groups in total. The Morgan fingerprint density at radius 2 is 1.74 bits per heavy atom. The van der Waals surface area contributed by atoms with Crippen molar-refractivity contribution >= 4 is 18.0 Å². The van der Waals surface area contributed by atoms with Crippen molar-refractivity contribution in [3.05, 3.63) is 12.7 Å². The average Bonchev–Trinajstić information content (AvgIpc) is 3.12. The van der Waals surface area contributed by atoms with Crippen LogP contribution in [0.3, 0.4) is 0 Å². The first-order valence-electron chi connectivity index (χ1n) is 14.6. The van der Waals surface area contributed by atoms with Crippen molar-refractivity contribution in [2.75, 3.05) is 0 Å². The summed E-state index contributed by atoms with van der Waals surface area (Å²) in [7, 11) is 0. The van der Waals surface area contributed by atoms with Crippen molar-refractivity contribution in [1.82, 2.24) is 5.32 Å². The lowest BCUT2D eigenvalue weighted by atomic mass is 9.48. The van der Waals surface area contributed by atoms with E-state index in [1.807, 2.05) is 6.92 Å². The maximum absolute atomic E-state index is 13.5. The summed E-state index contributed by atoms with van der Waals surface area (Å²) in [6.07, 6.45) is 4.45. The van der Waals surface area contributed by atoms with E-state index >= 15 is 0 Å². The number of carbonyl (C=O) groups is 3. The molecule has 0 aromatic rings. The second-order valence-electron chi connectivity index (χ2n) is 13.3. The Morgan fingerprint density at radius 1 is 1.11 bits per heavy atom. The van der Waals surface area contributed by atoms with Gasteiger partial charge < -0.3 is 20.3 Å². The van der Waals surface area contributed by atoms with E-state index in [0.717, 1.165) is 32.1 Å². The van der Waals surface area contributed by atoms with Crippen molar-refractivity contribution in [2.45, 2.75) is 117 Å². The first-order valence-corrected chi connectivity index (χ1v) is 14.6. The molecule has 38 heavy (non-hydrogen) atoms. The lowest BCUT2D eigenvalue weighted by Crippen LogP contribution is -2.59. The fourth-order valence-corrected chi connectivity index (χ4v) is 8.89. The Hall–Kier alpha value is -1.93. The fraction of sp³-hybridized carbons (Fsp3) is 0.833. The second-order valence-corrected chi connectivity index (χ2v) is 13.3. The minimum Gasteiger partial charge on any atom is -0.446 e. The molecule has 9 atom stereocenters. The van der Waals surface area contributed by atoms with Crippen LogP contribution in [0.15, 0.2) is 12.7 Å². The van der Waals surface area contributed by atoms with Crippen molar-refractivity contribution in [3.63, 3.8) is 0 Å². The molecule has 0 heterocycles. The second kappa shape index (κ2) is 10.6. The molecule has 4 aliphatic rings. The summed E-state index contributed by atoms with van der Waals surface area (Å²) in [5.74, 6) is 0.426. The molecule has 8 heteroatoms. The zero-order chi connectivity index (χ0) is 28.0. The predicted molar refractivity (Wildman–Crippen MR) is 144 cm³/mol. The number of alkyl carbamates (subject to hydrolysis) is 2. The topological polar surface area (TPSA) is 128 Å². The number of amides is 2. The molecule has 0 spiro atoms. The van der Waals surface area contributed by atoms with Crippen LogP contribution in [0.25, 0.3) is 0 Å². The number of aliphatic hydroxyl groups excluding tert-OH is 1. The number of rotatable bonds is 4. The minimum absolute atomic E-state index is 0.0357. The maximum Gasteiger partial charge on any atom is 0.416 e. The molecule has 0 radical (unpaired) electrons. The van der Waals surface area contributed by atoms with Gasteiger partial charge in [0.05, 0.1) is 6.10 Å². The standard InChI is InChI=1S/C30H48N2O6/c1-7-28(5)16-23(38-27(36)32-26(35)37-20-11-9-19(31)10-12-20)29(6)17(3)15-30(8-2)22(33)14-13-21(24(29)30)18(4)25(28)34/h7,17-21,23-25,34H,1,8-16,31H2,2-6H3,(H,32,35,36)/t17?,18-,19?,20?,21?,23-,24-,25+,28-,29+,30?/m1/s1. The van der Waals surface area contributed by atoms with Gasteiger partial charge in [0, 0.05) is 28.7 Å². The highest BCUT2D eigenvalue weighted by molar-refractivity contribution is 5.88. The number of imide groups is 1. The van der Waals surface area contributed by atoms with Crippen molar-refractivity contribution in [2.24, 2.45) is 45.7 Å². The van der Waals surface area contributed by atoms with Gasteiger partial charge >= 0.3 is 12.2 Å². The summed E-state index contributed by atoms with van der Waals surface area (Å²) >= 11 is 0. The van der Waals surface area contributed by atoms with Crippen LogP contribution in [0, 0.1) is 39.9 Å². The monoisotopic (exact) mass is 532 g/mol. The lowest BCUT2D eigenvalue weighted by Gasteiger charge is -2.57. The van der Waals surface area contributed by atoms with E-state index in [2.05, 4.69) is 39.6 Å². The van der Waals surface area contributed by atoms with E-state index in [-0.39, 0.29) is 35.8 Å². The first-order chi connectivity index (χ1) is 17.8. The van der Waals surface area contributed by atoms with E-state index in [1.54, 1.807) is 6.08 Å². The van der Waals surface area contributed by atoms with Crippen molar-refractivity contribution < 1.29 is 29.0 Å². The quantitative estimate of drug-likeness (QED) is 0.429. The molecule has 214 valence electrons. The van der Waals surface area contributed by atoms with Gasteiger partial charge in [-0.2, -0.15) is 0 Å². The molecule has 8 nitrogen and oxygen atoms in total. The number of nitrogens with one attached hydrogen (secondary N) is 1. The van der Waals surface area contributed by atoms with Gasteiger partial charge in [0.1, 0.15) is 18.0 Å². The van der Waals surface area contributed by atoms with Gasteiger partial charge in [0.2, 0.25) is 0 Å². The third kappa shape index (κ3) is 4.70. The number of hydrogen-bond donors (Lipinski definition) is 3. The number of ether oxygens (including phenoxy) is 2. The Morgan fingerprint density at radius 3 is 2.34 bits per heavy atom. The van der Waals surface area contributed by atoms with Gasteiger partial charge in [0.25, 0.3) is 0 Å². The zero-order valence-electron chi connectivity index (χ0n) is 23.8. The summed E-state index contributed by atoms with van der Waals surface area (Å²) < 4.78 is 11.6. The molecule has 4 fully saturated rings. The fourth-order valence-electron chi connectivity index (χ4n) is 8.89. The highest BCUT2D eigenvalue weighted by atomic mass is 16.6. The van der Waals surface area contributed by atoms with Crippen LogP contribution < -0.4 is 11.1 Å². The smallest absolute Gasteiger partial charge is 0.416 e. The average molecular weight is 533 g/mol. The van der Waals surface area contributed by atoms with E-state index < -0.39 is 40.6 Å². The van der Waals surface area contributed by atoms with Crippen molar-refractivity contribution in [3.8, 4) is 0 Å².